The summed E-state index contributed by atoms with van der Waals surface area (Å²) in [6.07, 6.45) is -3.15. The van der Waals surface area contributed by atoms with E-state index in [2.05, 4.69) is 4.98 Å². The predicted molar refractivity (Wildman–Crippen MR) is 44.3 cm³/mol. The van der Waals surface area contributed by atoms with E-state index in [1.807, 2.05) is 0 Å². The Morgan fingerprint density at radius 2 is 2.07 bits per heavy atom. The molecule has 0 saturated heterocycles. The van der Waals surface area contributed by atoms with Gasteiger partial charge in [-0.3, -0.25) is 4.79 Å². The van der Waals surface area contributed by atoms with Crippen molar-refractivity contribution in [2.24, 2.45) is 0 Å². The van der Waals surface area contributed by atoms with Gasteiger partial charge in [0.1, 0.15) is 10.8 Å². The lowest BCUT2D eigenvalue weighted by Crippen LogP contribution is -2.03. The SMILES string of the molecule is O=C(Cl)c1cc(Cl)nc(C(F)F)c1F. The predicted octanol–water partition coefficient (Wildman–Crippen LogP) is 3.19. The minimum atomic E-state index is -3.15. The monoisotopic (exact) mass is 243 g/mol. The number of carbonyl (C=O) groups is 1. The average molecular weight is 244 g/mol. The normalized spacial score (nSPS) is 10.7. The molecule has 0 aliphatic heterocycles. The van der Waals surface area contributed by atoms with Crippen molar-refractivity contribution in [3.8, 4) is 0 Å². The number of aromatic nitrogens is 1. The van der Waals surface area contributed by atoms with Crippen molar-refractivity contribution in [2.45, 2.75) is 6.43 Å². The van der Waals surface area contributed by atoms with Crippen LogP contribution in [0.15, 0.2) is 6.07 Å². The Kier molecular flexibility index (Phi) is 3.34. The van der Waals surface area contributed by atoms with Crippen LogP contribution in [0, 0.1) is 5.82 Å². The van der Waals surface area contributed by atoms with Crippen molar-refractivity contribution in [3.05, 3.63) is 28.3 Å². The number of hydrogen-bond acceptors (Lipinski definition) is 2. The molecule has 0 unspecified atom stereocenters. The molecule has 76 valence electrons. The minimum absolute atomic E-state index is 0.411. The van der Waals surface area contributed by atoms with Crippen molar-refractivity contribution in [1.82, 2.24) is 4.98 Å². The molecular weight excluding hydrogens is 242 g/mol. The second kappa shape index (κ2) is 4.14. The molecule has 0 aliphatic rings. The van der Waals surface area contributed by atoms with Gasteiger partial charge in [-0.15, -0.1) is 0 Å². The van der Waals surface area contributed by atoms with Gasteiger partial charge in [-0.25, -0.2) is 18.2 Å². The molecule has 1 aromatic rings. The highest BCUT2D eigenvalue weighted by molar-refractivity contribution is 6.67. The highest BCUT2D eigenvalue weighted by atomic mass is 35.5. The maximum Gasteiger partial charge on any atom is 0.283 e. The molecule has 2 nitrogen and oxygen atoms in total. The Morgan fingerprint density at radius 1 is 1.50 bits per heavy atom. The number of rotatable bonds is 2. The van der Waals surface area contributed by atoms with Gasteiger partial charge < -0.3 is 0 Å². The highest BCUT2D eigenvalue weighted by Gasteiger charge is 2.22. The van der Waals surface area contributed by atoms with E-state index in [0.717, 1.165) is 6.07 Å². The molecule has 0 fully saturated rings. The fourth-order valence-corrected chi connectivity index (χ4v) is 1.14. The van der Waals surface area contributed by atoms with Gasteiger partial charge >= 0.3 is 0 Å². The summed E-state index contributed by atoms with van der Waals surface area (Å²) in [6.45, 7) is 0. The smallest absolute Gasteiger partial charge is 0.275 e. The second-order valence-electron chi connectivity index (χ2n) is 2.27. The summed E-state index contributed by atoms with van der Waals surface area (Å²) in [7, 11) is 0. The summed E-state index contributed by atoms with van der Waals surface area (Å²) in [5, 5.41) is -1.61. The van der Waals surface area contributed by atoms with Gasteiger partial charge in [0.25, 0.3) is 11.7 Å². The Labute approximate surface area is 86.6 Å². The average Bonchev–Trinajstić information content (AvgIpc) is 2.07. The molecule has 7 heteroatoms. The molecule has 0 amide bonds. The van der Waals surface area contributed by atoms with Gasteiger partial charge in [-0.2, -0.15) is 0 Å². The minimum Gasteiger partial charge on any atom is -0.275 e. The van der Waals surface area contributed by atoms with Gasteiger partial charge in [-0.1, -0.05) is 11.6 Å². The quantitative estimate of drug-likeness (QED) is 0.590. The number of nitrogens with zero attached hydrogens (tertiary/aromatic N) is 1. The van der Waals surface area contributed by atoms with Crippen LogP contribution >= 0.6 is 23.2 Å². The highest BCUT2D eigenvalue weighted by Crippen LogP contribution is 2.25. The van der Waals surface area contributed by atoms with Crippen LogP contribution in [0.25, 0.3) is 0 Å². The fraction of sp³-hybridized carbons (Fsp3) is 0.143. The van der Waals surface area contributed by atoms with Gasteiger partial charge in [0.05, 0.1) is 5.56 Å². The Morgan fingerprint density at radius 3 is 2.50 bits per heavy atom. The number of hydrogen-bond donors (Lipinski definition) is 0. The fourth-order valence-electron chi connectivity index (χ4n) is 0.804. The molecule has 0 atom stereocenters. The molecule has 1 aromatic heterocycles. The largest absolute Gasteiger partial charge is 0.283 e. The summed E-state index contributed by atoms with van der Waals surface area (Å²) >= 11 is 10.2. The van der Waals surface area contributed by atoms with Crippen LogP contribution in [-0.4, -0.2) is 10.2 Å². The third-order valence-corrected chi connectivity index (χ3v) is 1.77. The van der Waals surface area contributed by atoms with Crippen molar-refractivity contribution < 1.29 is 18.0 Å². The Bertz CT molecular complexity index is 383. The first kappa shape index (κ1) is 11.3. The summed E-state index contributed by atoms with van der Waals surface area (Å²) in [6, 6.07) is 0.790. The summed E-state index contributed by atoms with van der Waals surface area (Å²) in [4.78, 5) is 13.6. The van der Waals surface area contributed by atoms with Crippen molar-refractivity contribution in [3.63, 3.8) is 0 Å². The van der Waals surface area contributed by atoms with Crippen LogP contribution in [0.1, 0.15) is 22.5 Å². The molecule has 0 spiro atoms. The number of alkyl halides is 2. The molecule has 0 aliphatic carbocycles. The van der Waals surface area contributed by atoms with Gasteiger partial charge in [0, 0.05) is 0 Å². The Balaban J connectivity index is 3.40. The molecule has 0 radical (unpaired) electrons. The van der Waals surface area contributed by atoms with Crippen LogP contribution in [0.4, 0.5) is 13.2 Å². The van der Waals surface area contributed by atoms with E-state index in [-0.39, 0.29) is 0 Å². The first-order valence-corrected chi connectivity index (χ1v) is 4.03. The van der Waals surface area contributed by atoms with Crippen LogP contribution in [0.2, 0.25) is 5.15 Å². The maximum absolute atomic E-state index is 13.0. The number of carbonyl (C=O) groups excluding carboxylic acids is 1. The van der Waals surface area contributed by atoms with E-state index >= 15 is 0 Å². The van der Waals surface area contributed by atoms with Crippen molar-refractivity contribution in [1.29, 1.82) is 0 Å². The van der Waals surface area contributed by atoms with E-state index in [4.69, 9.17) is 23.2 Å². The number of pyridine rings is 1. The summed E-state index contributed by atoms with van der Waals surface area (Å²) < 4.78 is 37.3. The topological polar surface area (TPSA) is 30.0 Å². The van der Waals surface area contributed by atoms with Crippen LogP contribution in [0.5, 0.6) is 0 Å². The molecule has 0 aromatic carbocycles. The first-order chi connectivity index (χ1) is 6.43. The molecular formula is C7H2Cl2F3NO. The Hall–Kier alpha value is -0.810. The van der Waals surface area contributed by atoms with Crippen molar-refractivity contribution in [2.75, 3.05) is 0 Å². The lowest BCUT2D eigenvalue weighted by atomic mass is 10.2. The number of halogens is 5. The molecule has 0 saturated carbocycles. The van der Waals surface area contributed by atoms with E-state index in [1.165, 1.54) is 0 Å². The molecule has 1 rings (SSSR count). The zero-order chi connectivity index (χ0) is 10.9. The standard InChI is InChI=1S/C7H2Cl2F3NO/c8-3-1-2(6(9)14)4(10)5(13-3)7(11)12/h1,7H. The van der Waals surface area contributed by atoms with Crippen LogP contribution in [0.3, 0.4) is 0 Å². The van der Waals surface area contributed by atoms with Gasteiger partial charge in [0.2, 0.25) is 0 Å². The van der Waals surface area contributed by atoms with Crippen LogP contribution in [-0.2, 0) is 0 Å². The lowest BCUT2D eigenvalue weighted by Gasteiger charge is -2.04. The van der Waals surface area contributed by atoms with Crippen LogP contribution < -0.4 is 0 Å². The first-order valence-electron chi connectivity index (χ1n) is 3.27. The zero-order valence-electron chi connectivity index (χ0n) is 6.40. The van der Waals surface area contributed by atoms with Gasteiger partial charge in [-0.05, 0) is 17.7 Å². The molecule has 0 N–H and O–H groups in total. The third kappa shape index (κ3) is 2.16. The van der Waals surface area contributed by atoms with Crippen molar-refractivity contribution >= 4 is 28.4 Å². The molecule has 0 bridgehead atoms. The van der Waals surface area contributed by atoms with E-state index in [9.17, 15) is 18.0 Å². The second-order valence-corrected chi connectivity index (χ2v) is 3.00. The maximum atomic E-state index is 13.0. The summed E-state index contributed by atoms with van der Waals surface area (Å²) in [5.74, 6) is -1.44. The molecule has 1 heterocycles. The summed E-state index contributed by atoms with van der Waals surface area (Å²) in [5.41, 5.74) is -1.89. The lowest BCUT2D eigenvalue weighted by molar-refractivity contribution is 0.107. The van der Waals surface area contributed by atoms with Gasteiger partial charge in [0.15, 0.2) is 5.82 Å². The van der Waals surface area contributed by atoms with E-state index in [1.54, 1.807) is 0 Å². The van der Waals surface area contributed by atoms with E-state index < -0.39 is 33.9 Å². The molecule has 14 heavy (non-hydrogen) atoms. The van der Waals surface area contributed by atoms with E-state index in [0.29, 0.717) is 0 Å². The zero-order valence-corrected chi connectivity index (χ0v) is 7.91. The third-order valence-electron chi connectivity index (χ3n) is 1.37.